The van der Waals surface area contributed by atoms with Gasteiger partial charge < -0.3 is 14.8 Å². The van der Waals surface area contributed by atoms with Crippen molar-refractivity contribution in [3.63, 3.8) is 0 Å². The molecule has 1 aromatic carbocycles. The van der Waals surface area contributed by atoms with Gasteiger partial charge in [-0.1, -0.05) is 6.07 Å². The third-order valence-corrected chi connectivity index (χ3v) is 3.02. The largest absolute Gasteiger partial charge is 0.496 e. The van der Waals surface area contributed by atoms with Crippen LogP contribution >= 0.6 is 0 Å². The van der Waals surface area contributed by atoms with Gasteiger partial charge in [-0.25, -0.2) is 9.59 Å². The van der Waals surface area contributed by atoms with Crippen LogP contribution in [0.25, 0.3) is 0 Å². The van der Waals surface area contributed by atoms with E-state index in [-0.39, 0.29) is 5.56 Å². The number of carbonyl (C=O) groups excluding carboxylic acids is 3. The summed E-state index contributed by atoms with van der Waals surface area (Å²) in [5.74, 6) is -0.831. The number of nitrogens with one attached hydrogen (secondary N) is 2. The maximum Gasteiger partial charge on any atom is 0.339 e. The summed E-state index contributed by atoms with van der Waals surface area (Å²) in [5, 5.41) is 4.72. The van der Waals surface area contributed by atoms with Crippen LogP contribution in [0.5, 0.6) is 5.75 Å². The molecule has 1 aromatic rings. The molecule has 1 atom stereocenters. The zero-order valence-electron chi connectivity index (χ0n) is 14.9. The molecule has 132 valence electrons. The normalized spacial score (nSPS) is 12.1. The van der Waals surface area contributed by atoms with E-state index in [0.29, 0.717) is 5.75 Å². The maximum atomic E-state index is 12.1. The molecule has 0 fully saturated rings. The lowest BCUT2D eigenvalue weighted by Crippen LogP contribution is -2.50. The Hall–Kier alpha value is -2.57. The number of esters is 1. The number of benzene rings is 1. The van der Waals surface area contributed by atoms with Crippen LogP contribution in [0.4, 0.5) is 4.79 Å². The lowest BCUT2D eigenvalue weighted by Gasteiger charge is -2.21. The summed E-state index contributed by atoms with van der Waals surface area (Å²) in [7, 11) is 1.50. The summed E-state index contributed by atoms with van der Waals surface area (Å²) < 4.78 is 10.2. The van der Waals surface area contributed by atoms with E-state index in [9.17, 15) is 14.4 Å². The van der Waals surface area contributed by atoms with E-state index < -0.39 is 29.6 Å². The molecule has 0 aliphatic rings. The quantitative estimate of drug-likeness (QED) is 0.822. The second-order valence-electron chi connectivity index (χ2n) is 6.43. The number of urea groups is 1. The molecule has 0 aliphatic heterocycles. The molecule has 2 N–H and O–H groups in total. The van der Waals surface area contributed by atoms with Gasteiger partial charge in [0.25, 0.3) is 5.91 Å². The summed E-state index contributed by atoms with van der Waals surface area (Å²) in [6, 6.07) is 4.19. The number of methoxy groups -OCH3 is 1. The SMILES string of the molecule is COc1cc(C(=O)O[C@H](C)C(=O)NC(=O)NC(C)(C)C)ccc1C. The number of imide groups is 1. The van der Waals surface area contributed by atoms with Crippen molar-refractivity contribution < 1.29 is 23.9 Å². The number of amides is 3. The van der Waals surface area contributed by atoms with Crippen LogP contribution in [-0.2, 0) is 9.53 Å². The van der Waals surface area contributed by atoms with Gasteiger partial charge in [-0.3, -0.25) is 10.1 Å². The Balaban J connectivity index is 2.66. The van der Waals surface area contributed by atoms with Crippen molar-refractivity contribution in [3.05, 3.63) is 29.3 Å². The van der Waals surface area contributed by atoms with E-state index in [0.717, 1.165) is 5.56 Å². The highest BCUT2D eigenvalue weighted by Gasteiger charge is 2.23. The summed E-state index contributed by atoms with van der Waals surface area (Å²) >= 11 is 0. The van der Waals surface area contributed by atoms with E-state index in [2.05, 4.69) is 10.6 Å². The minimum Gasteiger partial charge on any atom is -0.496 e. The molecule has 0 aliphatic carbocycles. The molecule has 7 heteroatoms. The highest BCUT2D eigenvalue weighted by atomic mass is 16.5. The molecule has 1 rings (SSSR count). The summed E-state index contributed by atoms with van der Waals surface area (Å²) in [6.45, 7) is 8.59. The van der Waals surface area contributed by atoms with Crippen LogP contribution in [0.15, 0.2) is 18.2 Å². The minimum absolute atomic E-state index is 0.260. The Morgan fingerprint density at radius 2 is 1.79 bits per heavy atom. The van der Waals surface area contributed by atoms with E-state index in [1.54, 1.807) is 32.9 Å². The van der Waals surface area contributed by atoms with Crippen molar-refractivity contribution >= 4 is 17.9 Å². The molecule has 0 unspecified atom stereocenters. The van der Waals surface area contributed by atoms with Gasteiger partial charge in [-0.15, -0.1) is 0 Å². The van der Waals surface area contributed by atoms with Crippen LogP contribution in [0.1, 0.15) is 43.6 Å². The van der Waals surface area contributed by atoms with Crippen LogP contribution in [-0.4, -0.2) is 36.7 Å². The predicted molar refractivity (Wildman–Crippen MR) is 89.0 cm³/mol. The average Bonchev–Trinajstić information content (AvgIpc) is 2.45. The molecule has 0 heterocycles. The minimum atomic E-state index is -1.12. The van der Waals surface area contributed by atoms with Crippen molar-refractivity contribution in [2.75, 3.05) is 7.11 Å². The summed E-state index contributed by atoms with van der Waals surface area (Å²) in [6.07, 6.45) is -1.12. The van der Waals surface area contributed by atoms with Crippen molar-refractivity contribution in [2.45, 2.75) is 46.3 Å². The first-order valence-electron chi connectivity index (χ1n) is 7.52. The third kappa shape index (κ3) is 5.91. The molecular weight excluding hydrogens is 312 g/mol. The number of ether oxygens (including phenoxy) is 2. The first-order valence-corrected chi connectivity index (χ1v) is 7.52. The highest BCUT2D eigenvalue weighted by Crippen LogP contribution is 2.19. The summed E-state index contributed by atoms with van der Waals surface area (Å²) in [5.41, 5.74) is 0.651. The third-order valence-electron chi connectivity index (χ3n) is 3.02. The fraction of sp³-hybridized carbons (Fsp3) is 0.471. The smallest absolute Gasteiger partial charge is 0.339 e. The molecular formula is C17H24N2O5. The van der Waals surface area contributed by atoms with Crippen LogP contribution in [0, 0.1) is 6.92 Å². The molecule has 0 saturated heterocycles. The maximum absolute atomic E-state index is 12.1. The molecule has 0 saturated carbocycles. The molecule has 0 radical (unpaired) electrons. The Morgan fingerprint density at radius 3 is 2.33 bits per heavy atom. The van der Waals surface area contributed by atoms with Crippen LogP contribution < -0.4 is 15.4 Å². The molecule has 0 bridgehead atoms. The van der Waals surface area contributed by atoms with Gasteiger partial charge in [0.15, 0.2) is 6.10 Å². The van der Waals surface area contributed by atoms with Gasteiger partial charge in [0.1, 0.15) is 5.75 Å². The Bertz CT molecular complexity index is 634. The first-order chi connectivity index (χ1) is 11.0. The van der Waals surface area contributed by atoms with Gasteiger partial charge in [-0.05, 0) is 52.3 Å². The number of carbonyl (C=O) groups is 3. The molecule has 0 spiro atoms. The fourth-order valence-corrected chi connectivity index (χ4v) is 1.81. The fourth-order valence-electron chi connectivity index (χ4n) is 1.81. The van der Waals surface area contributed by atoms with E-state index in [1.807, 2.05) is 6.92 Å². The standard InChI is InChI=1S/C17H24N2O5/c1-10-7-8-12(9-13(10)23-6)15(21)24-11(2)14(20)18-16(22)19-17(3,4)5/h7-9,11H,1-6H3,(H2,18,19,20,22)/t11-/m1/s1. The second-order valence-corrected chi connectivity index (χ2v) is 6.43. The molecule has 7 nitrogen and oxygen atoms in total. The summed E-state index contributed by atoms with van der Waals surface area (Å²) in [4.78, 5) is 35.7. The van der Waals surface area contributed by atoms with Crippen molar-refractivity contribution in [3.8, 4) is 5.75 Å². The molecule has 24 heavy (non-hydrogen) atoms. The zero-order chi connectivity index (χ0) is 18.5. The predicted octanol–water partition coefficient (Wildman–Crippen LogP) is 2.17. The second kappa shape index (κ2) is 7.81. The average molecular weight is 336 g/mol. The van der Waals surface area contributed by atoms with E-state index >= 15 is 0 Å². The highest BCUT2D eigenvalue weighted by molar-refractivity contribution is 5.98. The van der Waals surface area contributed by atoms with E-state index in [1.165, 1.54) is 20.1 Å². The van der Waals surface area contributed by atoms with Gasteiger partial charge in [0, 0.05) is 5.54 Å². The van der Waals surface area contributed by atoms with Crippen LogP contribution in [0.3, 0.4) is 0 Å². The topological polar surface area (TPSA) is 93.7 Å². The van der Waals surface area contributed by atoms with Gasteiger partial charge >= 0.3 is 12.0 Å². The van der Waals surface area contributed by atoms with Crippen molar-refractivity contribution in [2.24, 2.45) is 0 Å². The van der Waals surface area contributed by atoms with Crippen molar-refractivity contribution in [1.82, 2.24) is 10.6 Å². The van der Waals surface area contributed by atoms with Gasteiger partial charge in [-0.2, -0.15) is 0 Å². The molecule has 0 aromatic heterocycles. The van der Waals surface area contributed by atoms with Gasteiger partial charge in [0.2, 0.25) is 0 Å². The Kier molecular flexibility index (Phi) is 6.34. The lowest BCUT2D eigenvalue weighted by molar-refractivity contribution is -0.127. The zero-order valence-corrected chi connectivity index (χ0v) is 14.9. The number of rotatable bonds is 4. The van der Waals surface area contributed by atoms with Crippen LogP contribution in [0.2, 0.25) is 0 Å². The first kappa shape index (κ1) is 19.5. The lowest BCUT2D eigenvalue weighted by atomic mass is 10.1. The number of aryl methyl sites for hydroxylation is 1. The Labute approximate surface area is 141 Å². The van der Waals surface area contributed by atoms with E-state index in [4.69, 9.17) is 9.47 Å². The number of hydrogen-bond acceptors (Lipinski definition) is 5. The number of hydrogen-bond donors (Lipinski definition) is 2. The monoisotopic (exact) mass is 336 g/mol. The van der Waals surface area contributed by atoms with Gasteiger partial charge in [0.05, 0.1) is 12.7 Å². The van der Waals surface area contributed by atoms with Crippen molar-refractivity contribution in [1.29, 1.82) is 0 Å². The molecule has 3 amide bonds. The Morgan fingerprint density at radius 1 is 1.17 bits per heavy atom.